The van der Waals surface area contributed by atoms with Crippen LogP contribution in [0, 0.1) is 0 Å². The second-order valence-corrected chi connectivity index (χ2v) is 4.75. The van der Waals surface area contributed by atoms with Gasteiger partial charge in [0.05, 0.1) is 23.8 Å². The Balaban J connectivity index is 1.83. The molecule has 0 saturated carbocycles. The Morgan fingerprint density at radius 2 is 2.21 bits per heavy atom. The lowest BCUT2D eigenvalue weighted by Crippen LogP contribution is -2.08. The summed E-state index contributed by atoms with van der Waals surface area (Å²) in [7, 11) is 0. The molecule has 1 aliphatic heterocycles. The smallest absolute Gasteiger partial charge is 0.138 e. The van der Waals surface area contributed by atoms with Crippen molar-refractivity contribution in [2.75, 3.05) is 6.61 Å². The van der Waals surface area contributed by atoms with Crippen molar-refractivity contribution in [1.82, 2.24) is 15.0 Å². The molecule has 0 amide bonds. The SMILES string of the molecule is c1cc2nc(-c3ccc4c(c3)CCCO4)[nH]c2cn1. The van der Waals surface area contributed by atoms with Crippen molar-refractivity contribution in [1.29, 1.82) is 0 Å². The average Bonchev–Trinajstić information content (AvgIpc) is 2.90. The molecule has 94 valence electrons. The number of pyridine rings is 1. The molecule has 0 atom stereocenters. The van der Waals surface area contributed by atoms with Gasteiger partial charge < -0.3 is 9.72 Å². The summed E-state index contributed by atoms with van der Waals surface area (Å²) in [6, 6.07) is 8.17. The van der Waals surface area contributed by atoms with E-state index in [1.807, 2.05) is 12.1 Å². The van der Waals surface area contributed by atoms with Crippen LogP contribution in [0.3, 0.4) is 0 Å². The fourth-order valence-electron chi connectivity index (χ4n) is 2.50. The number of aromatic nitrogens is 3. The zero-order chi connectivity index (χ0) is 12.7. The summed E-state index contributed by atoms with van der Waals surface area (Å²) in [4.78, 5) is 12.0. The summed E-state index contributed by atoms with van der Waals surface area (Å²) in [5, 5.41) is 0. The maximum Gasteiger partial charge on any atom is 0.138 e. The Hall–Kier alpha value is -2.36. The van der Waals surface area contributed by atoms with Crippen molar-refractivity contribution in [3.05, 3.63) is 42.2 Å². The number of nitrogens with zero attached hydrogens (tertiary/aromatic N) is 2. The van der Waals surface area contributed by atoms with E-state index in [4.69, 9.17) is 4.74 Å². The van der Waals surface area contributed by atoms with Crippen LogP contribution in [-0.4, -0.2) is 21.6 Å². The lowest BCUT2D eigenvalue weighted by Gasteiger charge is -2.17. The van der Waals surface area contributed by atoms with Gasteiger partial charge in [-0.2, -0.15) is 0 Å². The number of hydrogen-bond donors (Lipinski definition) is 1. The first-order valence-electron chi connectivity index (χ1n) is 6.46. The first kappa shape index (κ1) is 10.6. The summed E-state index contributed by atoms with van der Waals surface area (Å²) >= 11 is 0. The molecular formula is C15H13N3O. The standard InChI is InChI=1S/C15H13N3O/c1-2-10-8-11(3-4-14(10)19-7-1)15-17-12-5-6-16-9-13(12)18-15/h3-6,8-9H,1-2,7H2,(H,17,18). The van der Waals surface area contributed by atoms with Gasteiger partial charge in [0, 0.05) is 11.8 Å². The molecule has 0 aliphatic carbocycles. The van der Waals surface area contributed by atoms with Crippen LogP contribution in [0.2, 0.25) is 0 Å². The van der Waals surface area contributed by atoms with Crippen LogP contribution in [0.5, 0.6) is 5.75 Å². The van der Waals surface area contributed by atoms with Crippen LogP contribution in [0.15, 0.2) is 36.7 Å². The van der Waals surface area contributed by atoms with Gasteiger partial charge in [-0.15, -0.1) is 0 Å². The molecular weight excluding hydrogens is 238 g/mol. The fraction of sp³-hybridized carbons (Fsp3) is 0.200. The van der Waals surface area contributed by atoms with Crippen LogP contribution in [-0.2, 0) is 6.42 Å². The van der Waals surface area contributed by atoms with Crippen LogP contribution >= 0.6 is 0 Å². The quantitative estimate of drug-likeness (QED) is 0.723. The molecule has 2 aromatic heterocycles. The molecule has 4 rings (SSSR count). The van der Waals surface area contributed by atoms with E-state index in [9.17, 15) is 0 Å². The minimum Gasteiger partial charge on any atom is -0.493 e. The summed E-state index contributed by atoms with van der Waals surface area (Å²) in [5.41, 5.74) is 4.27. The van der Waals surface area contributed by atoms with Gasteiger partial charge in [-0.3, -0.25) is 4.98 Å². The molecule has 0 unspecified atom stereocenters. The zero-order valence-electron chi connectivity index (χ0n) is 10.4. The number of aromatic amines is 1. The summed E-state index contributed by atoms with van der Waals surface area (Å²) in [5.74, 6) is 1.89. The Kier molecular flexibility index (Phi) is 2.27. The number of H-pyrrole nitrogens is 1. The van der Waals surface area contributed by atoms with Crippen molar-refractivity contribution in [3.63, 3.8) is 0 Å². The number of imidazole rings is 1. The molecule has 0 bridgehead atoms. The molecule has 19 heavy (non-hydrogen) atoms. The van der Waals surface area contributed by atoms with Gasteiger partial charge in [0.25, 0.3) is 0 Å². The van der Waals surface area contributed by atoms with E-state index in [2.05, 4.69) is 27.1 Å². The van der Waals surface area contributed by atoms with Gasteiger partial charge in [0.2, 0.25) is 0 Å². The van der Waals surface area contributed by atoms with E-state index >= 15 is 0 Å². The van der Waals surface area contributed by atoms with Crippen molar-refractivity contribution in [2.45, 2.75) is 12.8 Å². The highest BCUT2D eigenvalue weighted by Crippen LogP contribution is 2.29. The van der Waals surface area contributed by atoms with Crippen LogP contribution < -0.4 is 4.74 Å². The third kappa shape index (κ3) is 1.76. The first-order valence-corrected chi connectivity index (χ1v) is 6.46. The third-order valence-electron chi connectivity index (χ3n) is 3.47. The van der Waals surface area contributed by atoms with E-state index in [0.717, 1.165) is 47.6 Å². The highest BCUT2D eigenvalue weighted by Gasteiger charge is 2.12. The second-order valence-electron chi connectivity index (χ2n) is 4.75. The number of hydrogen-bond acceptors (Lipinski definition) is 3. The Labute approximate surface area is 110 Å². The van der Waals surface area contributed by atoms with Crippen LogP contribution in [0.25, 0.3) is 22.4 Å². The Morgan fingerprint density at radius 1 is 1.21 bits per heavy atom. The number of ether oxygens (including phenoxy) is 1. The van der Waals surface area contributed by atoms with Crippen molar-refractivity contribution in [3.8, 4) is 17.1 Å². The molecule has 0 spiro atoms. The second kappa shape index (κ2) is 4.09. The third-order valence-corrected chi connectivity index (χ3v) is 3.47. The van der Waals surface area contributed by atoms with Gasteiger partial charge in [0.15, 0.2) is 0 Å². The highest BCUT2D eigenvalue weighted by atomic mass is 16.5. The number of aryl methyl sites for hydroxylation is 1. The monoisotopic (exact) mass is 251 g/mol. The summed E-state index contributed by atoms with van der Waals surface area (Å²) in [6.45, 7) is 0.822. The van der Waals surface area contributed by atoms with E-state index in [1.165, 1.54) is 5.56 Å². The van der Waals surface area contributed by atoms with Gasteiger partial charge in [-0.25, -0.2) is 4.98 Å². The fourth-order valence-corrected chi connectivity index (χ4v) is 2.50. The van der Waals surface area contributed by atoms with E-state index < -0.39 is 0 Å². The molecule has 3 aromatic rings. The van der Waals surface area contributed by atoms with Crippen molar-refractivity contribution in [2.24, 2.45) is 0 Å². The molecule has 1 aliphatic rings. The number of nitrogens with one attached hydrogen (secondary N) is 1. The lowest BCUT2D eigenvalue weighted by atomic mass is 10.0. The minimum atomic E-state index is 0.822. The lowest BCUT2D eigenvalue weighted by molar-refractivity contribution is 0.288. The predicted molar refractivity (Wildman–Crippen MR) is 73.1 cm³/mol. The molecule has 4 heteroatoms. The summed E-state index contributed by atoms with van der Waals surface area (Å²) < 4.78 is 5.63. The molecule has 1 N–H and O–H groups in total. The van der Waals surface area contributed by atoms with Gasteiger partial charge >= 0.3 is 0 Å². The maximum absolute atomic E-state index is 5.63. The largest absolute Gasteiger partial charge is 0.493 e. The number of benzene rings is 1. The molecule has 0 fully saturated rings. The maximum atomic E-state index is 5.63. The van der Waals surface area contributed by atoms with Crippen LogP contribution in [0.4, 0.5) is 0 Å². The molecule has 0 radical (unpaired) electrons. The molecule has 0 saturated heterocycles. The number of fused-ring (bicyclic) bond motifs is 2. The molecule has 3 heterocycles. The number of rotatable bonds is 1. The van der Waals surface area contributed by atoms with Crippen molar-refractivity contribution >= 4 is 11.0 Å². The van der Waals surface area contributed by atoms with E-state index in [1.54, 1.807) is 12.4 Å². The molecule has 4 nitrogen and oxygen atoms in total. The van der Waals surface area contributed by atoms with Gasteiger partial charge in [-0.1, -0.05) is 0 Å². The highest BCUT2D eigenvalue weighted by molar-refractivity contribution is 5.78. The molecule has 1 aromatic carbocycles. The zero-order valence-corrected chi connectivity index (χ0v) is 10.4. The van der Waals surface area contributed by atoms with E-state index in [0.29, 0.717) is 0 Å². The van der Waals surface area contributed by atoms with Crippen LogP contribution in [0.1, 0.15) is 12.0 Å². The minimum absolute atomic E-state index is 0.822. The van der Waals surface area contributed by atoms with Crippen molar-refractivity contribution < 1.29 is 4.74 Å². The Bertz CT molecular complexity index is 715. The first-order chi connectivity index (χ1) is 9.40. The predicted octanol–water partition coefficient (Wildman–Crippen LogP) is 2.95. The Morgan fingerprint density at radius 3 is 3.16 bits per heavy atom. The average molecular weight is 251 g/mol. The normalized spacial score (nSPS) is 14.1. The summed E-state index contributed by atoms with van der Waals surface area (Å²) in [6.07, 6.45) is 5.71. The topological polar surface area (TPSA) is 50.8 Å². The van der Waals surface area contributed by atoms with E-state index in [-0.39, 0.29) is 0 Å². The van der Waals surface area contributed by atoms with Gasteiger partial charge in [0.1, 0.15) is 11.6 Å². The van der Waals surface area contributed by atoms with Gasteiger partial charge in [-0.05, 0) is 42.7 Å².